The SMILES string of the molecule is CCC(C)Oc1ccc(NC(=O)C2(N)CCOCC2)cc1.Cl. The topological polar surface area (TPSA) is 73.6 Å². The predicted molar refractivity (Wildman–Crippen MR) is 89.7 cm³/mol. The minimum absolute atomic E-state index is 0. The largest absolute Gasteiger partial charge is 0.491 e. The van der Waals surface area contributed by atoms with Crippen LogP contribution >= 0.6 is 12.4 Å². The molecule has 22 heavy (non-hydrogen) atoms. The highest BCUT2D eigenvalue weighted by Crippen LogP contribution is 2.22. The van der Waals surface area contributed by atoms with E-state index < -0.39 is 5.54 Å². The van der Waals surface area contributed by atoms with Gasteiger partial charge in [-0.2, -0.15) is 0 Å². The Kier molecular flexibility index (Phi) is 7.13. The van der Waals surface area contributed by atoms with Crippen LogP contribution in [0.2, 0.25) is 0 Å². The molecule has 2 rings (SSSR count). The molecular formula is C16H25ClN2O3. The Morgan fingerprint density at radius 1 is 1.36 bits per heavy atom. The van der Waals surface area contributed by atoms with Crippen LogP contribution in [-0.2, 0) is 9.53 Å². The number of anilines is 1. The number of nitrogens with one attached hydrogen (secondary N) is 1. The zero-order chi connectivity index (χ0) is 15.3. The standard InChI is InChI=1S/C16H24N2O3.ClH/c1-3-12(2)21-14-6-4-13(5-7-14)18-15(19)16(17)8-10-20-11-9-16;/h4-7,12H,3,8-11,17H2,1-2H3,(H,18,19);1H. The van der Waals surface area contributed by atoms with Gasteiger partial charge in [0.25, 0.3) is 0 Å². The molecule has 6 heteroatoms. The number of amides is 1. The second-order valence-electron chi connectivity index (χ2n) is 5.58. The molecule has 1 aromatic carbocycles. The fourth-order valence-corrected chi connectivity index (χ4v) is 2.15. The van der Waals surface area contributed by atoms with Gasteiger partial charge in [0.1, 0.15) is 11.3 Å². The van der Waals surface area contributed by atoms with E-state index in [1.807, 2.05) is 31.2 Å². The lowest BCUT2D eigenvalue weighted by Crippen LogP contribution is -2.54. The highest BCUT2D eigenvalue weighted by atomic mass is 35.5. The molecule has 1 amide bonds. The number of ether oxygens (including phenoxy) is 2. The molecule has 0 aliphatic carbocycles. The second kappa shape index (κ2) is 8.36. The van der Waals surface area contributed by atoms with Crippen LogP contribution in [0.5, 0.6) is 5.75 Å². The van der Waals surface area contributed by atoms with Gasteiger partial charge < -0.3 is 20.5 Å². The maximum atomic E-state index is 12.3. The fourth-order valence-electron chi connectivity index (χ4n) is 2.15. The van der Waals surface area contributed by atoms with Crippen molar-refractivity contribution in [2.24, 2.45) is 5.73 Å². The molecule has 1 aliphatic heterocycles. The van der Waals surface area contributed by atoms with E-state index in [2.05, 4.69) is 12.2 Å². The summed E-state index contributed by atoms with van der Waals surface area (Å²) in [5.74, 6) is 0.650. The van der Waals surface area contributed by atoms with E-state index in [4.69, 9.17) is 15.2 Å². The molecule has 1 heterocycles. The first-order valence-electron chi connectivity index (χ1n) is 7.48. The molecule has 1 fully saturated rings. The van der Waals surface area contributed by atoms with Crippen LogP contribution in [0.25, 0.3) is 0 Å². The molecule has 1 saturated heterocycles. The summed E-state index contributed by atoms with van der Waals surface area (Å²) in [6, 6.07) is 7.38. The zero-order valence-corrected chi connectivity index (χ0v) is 13.9. The Balaban J connectivity index is 0.00000242. The first-order chi connectivity index (χ1) is 10.0. The lowest BCUT2D eigenvalue weighted by atomic mass is 9.90. The number of hydrogen-bond acceptors (Lipinski definition) is 4. The predicted octanol–water partition coefficient (Wildman–Crippen LogP) is 2.73. The van der Waals surface area contributed by atoms with Gasteiger partial charge in [-0.25, -0.2) is 0 Å². The highest BCUT2D eigenvalue weighted by Gasteiger charge is 2.35. The van der Waals surface area contributed by atoms with Crippen molar-refractivity contribution in [3.05, 3.63) is 24.3 Å². The first kappa shape index (κ1) is 18.7. The minimum Gasteiger partial charge on any atom is -0.491 e. The number of benzene rings is 1. The van der Waals surface area contributed by atoms with Crippen LogP contribution < -0.4 is 15.8 Å². The zero-order valence-electron chi connectivity index (χ0n) is 13.1. The Labute approximate surface area is 138 Å². The first-order valence-corrected chi connectivity index (χ1v) is 7.48. The van der Waals surface area contributed by atoms with Crippen molar-refractivity contribution in [3.63, 3.8) is 0 Å². The van der Waals surface area contributed by atoms with Crippen molar-refractivity contribution in [2.45, 2.75) is 44.8 Å². The summed E-state index contributed by atoms with van der Waals surface area (Å²) in [4.78, 5) is 12.3. The van der Waals surface area contributed by atoms with E-state index in [0.717, 1.165) is 17.9 Å². The van der Waals surface area contributed by atoms with Crippen molar-refractivity contribution < 1.29 is 14.3 Å². The summed E-state index contributed by atoms with van der Waals surface area (Å²) in [6.07, 6.45) is 2.23. The number of carbonyl (C=O) groups is 1. The lowest BCUT2D eigenvalue weighted by molar-refractivity contribution is -0.124. The summed E-state index contributed by atoms with van der Waals surface area (Å²) in [6.45, 7) is 5.17. The number of nitrogens with two attached hydrogens (primary N) is 1. The van der Waals surface area contributed by atoms with Crippen LogP contribution in [-0.4, -0.2) is 30.8 Å². The molecular weight excluding hydrogens is 304 g/mol. The Bertz CT molecular complexity index is 473. The molecule has 1 aromatic rings. The van der Waals surface area contributed by atoms with Gasteiger partial charge in [0.05, 0.1) is 6.10 Å². The number of halogens is 1. The highest BCUT2D eigenvalue weighted by molar-refractivity contribution is 5.98. The number of hydrogen-bond donors (Lipinski definition) is 2. The third-order valence-corrected chi connectivity index (χ3v) is 3.86. The normalized spacial score (nSPS) is 18.0. The Morgan fingerprint density at radius 3 is 2.50 bits per heavy atom. The smallest absolute Gasteiger partial charge is 0.244 e. The quantitative estimate of drug-likeness (QED) is 0.871. The minimum atomic E-state index is -0.829. The van der Waals surface area contributed by atoms with E-state index in [9.17, 15) is 4.79 Å². The third-order valence-electron chi connectivity index (χ3n) is 3.86. The molecule has 0 saturated carbocycles. The van der Waals surface area contributed by atoms with Gasteiger partial charge in [-0.1, -0.05) is 6.92 Å². The van der Waals surface area contributed by atoms with Gasteiger partial charge in [0.15, 0.2) is 0 Å². The van der Waals surface area contributed by atoms with Crippen molar-refractivity contribution in [1.29, 1.82) is 0 Å². The monoisotopic (exact) mass is 328 g/mol. The van der Waals surface area contributed by atoms with Gasteiger partial charge >= 0.3 is 0 Å². The fraction of sp³-hybridized carbons (Fsp3) is 0.562. The average molecular weight is 329 g/mol. The summed E-state index contributed by atoms with van der Waals surface area (Å²) in [7, 11) is 0. The molecule has 0 radical (unpaired) electrons. The van der Waals surface area contributed by atoms with Gasteiger partial charge in [0.2, 0.25) is 5.91 Å². The average Bonchev–Trinajstić information content (AvgIpc) is 2.50. The molecule has 0 spiro atoms. The van der Waals surface area contributed by atoms with E-state index >= 15 is 0 Å². The van der Waals surface area contributed by atoms with Crippen LogP contribution in [0.4, 0.5) is 5.69 Å². The van der Waals surface area contributed by atoms with Crippen LogP contribution in [0.1, 0.15) is 33.1 Å². The van der Waals surface area contributed by atoms with Crippen LogP contribution in [0, 0.1) is 0 Å². The second-order valence-corrected chi connectivity index (χ2v) is 5.58. The summed E-state index contributed by atoms with van der Waals surface area (Å²) in [5.41, 5.74) is 6.05. The third kappa shape index (κ3) is 4.87. The van der Waals surface area contributed by atoms with Crippen LogP contribution in [0.15, 0.2) is 24.3 Å². The number of rotatable bonds is 5. The Hall–Kier alpha value is -1.30. The van der Waals surface area contributed by atoms with Crippen molar-refractivity contribution in [1.82, 2.24) is 0 Å². The molecule has 5 nitrogen and oxygen atoms in total. The van der Waals surface area contributed by atoms with Crippen LogP contribution in [0.3, 0.4) is 0 Å². The molecule has 3 N–H and O–H groups in total. The lowest BCUT2D eigenvalue weighted by Gasteiger charge is -2.31. The summed E-state index contributed by atoms with van der Waals surface area (Å²) < 4.78 is 11.0. The van der Waals surface area contributed by atoms with E-state index in [1.165, 1.54) is 0 Å². The van der Waals surface area contributed by atoms with E-state index in [-0.39, 0.29) is 24.4 Å². The molecule has 1 aliphatic rings. The molecule has 124 valence electrons. The van der Waals surface area contributed by atoms with Gasteiger partial charge in [-0.15, -0.1) is 12.4 Å². The van der Waals surface area contributed by atoms with Crippen molar-refractivity contribution >= 4 is 24.0 Å². The maximum Gasteiger partial charge on any atom is 0.244 e. The maximum absolute atomic E-state index is 12.3. The van der Waals surface area contributed by atoms with Gasteiger partial charge in [0, 0.05) is 18.9 Å². The van der Waals surface area contributed by atoms with E-state index in [0.29, 0.717) is 26.1 Å². The van der Waals surface area contributed by atoms with Crippen molar-refractivity contribution in [3.8, 4) is 5.75 Å². The molecule has 0 bridgehead atoms. The summed E-state index contributed by atoms with van der Waals surface area (Å²) in [5, 5.41) is 2.87. The van der Waals surface area contributed by atoms with Gasteiger partial charge in [-0.3, -0.25) is 4.79 Å². The summed E-state index contributed by atoms with van der Waals surface area (Å²) >= 11 is 0. The van der Waals surface area contributed by atoms with Gasteiger partial charge in [-0.05, 0) is 50.5 Å². The number of carbonyl (C=O) groups excluding carboxylic acids is 1. The Morgan fingerprint density at radius 2 is 1.95 bits per heavy atom. The molecule has 0 aromatic heterocycles. The van der Waals surface area contributed by atoms with Crippen molar-refractivity contribution in [2.75, 3.05) is 18.5 Å². The molecule has 1 atom stereocenters. The molecule has 1 unspecified atom stereocenters. The van der Waals surface area contributed by atoms with E-state index in [1.54, 1.807) is 0 Å².